The van der Waals surface area contributed by atoms with E-state index in [9.17, 15) is 24.0 Å². The number of para-hydroxylation sites is 1. The van der Waals surface area contributed by atoms with Gasteiger partial charge in [-0.3, -0.25) is 24.0 Å². The molecule has 2 aromatic rings. The summed E-state index contributed by atoms with van der Waals surface area (Å²) in [6.07, 6.45) is 8.61. The van der Waals surface area contributed by atoms with Crippen LogP contribution in [-0.2, 0) is 36.9 Å². The minimum absolute atomic E-state index is 0.108. The van der Waals surface area contributed by atoms with Crippen molar-refractivity contribution in [1.82, 2.24) is 30.7 Å². The predicted octanol–water partition coefficient (Wildman–Crippen LogP) is 1.73. The molecule has 0 bridgehead atoms. The van der Waals surface area contributed by atoms with Crippen molar-refractivity contribution in [2.45, 2.75) is 109 Å². The fraction of sp³-hybridized carbons (Fsp3) is 0.618. The number of rotatable bonds is 12. The first-order valence-corrected chi connectivity index (χ1v) is 16.9. The van der Waals surface area contributed by atoms with Gasteiger partial charge in [0.2, 0.25) is 29.5 Å². The van der Waals surface area contributed by atoms with Crippen LogP contribution in [0.2, 0.25) is 0 Å². The molecule has 0 saturated carbocycles. The highest BCUT2D eigenvalue weighted by Gasteiger charge is 2.40. The van der Waals surface area contributed by atoms with Gasteiger partial charge in [-0.1, -0.05) is 51.3 Å². The van der Waals surface area contributed by atoms with E-state index in [1.165, 1.54) is 0 Å². The minimum atomic E-state index is -1.02. The molecule has 3 heterocycles. The first-order valence-electron chi connectivity index (χ1n) is 16.9. The number of nitrogens with zero attached hydrogens (tertiary/aromatic N) is 2. The maximum atomic E-state index is 14.0. The Morgan fingerprint density at radius 3 is 2.52 bits per heavy atom. The van der Waals surface area contributed by atoms with Gasteiger partial charge in [0.15, 0.2) is 0 Å². The number of carbonyl (C=O) groups excluding carboxylic acids is 5. The van der Waals surface area contributed by atoms with Crippen LogP contribution in [0, 0.1) is 5.92 Å². The molecule has 2 aliphatic rings. The lowest BCUT2D eigenvalue weighted by Gasteiger charge is -2.39. The smallest absolute Gasteiger partial charge is 0.246 e. The average Bonchev–Trinajstić information content (AvgIpc) is 3.39. The summed E-state index contributed by atoms with van der Waals surface area (Å²) in [5, 5.41) is 12.4. The first kappa shape index (κ1) is 34.9. The number of unbranched alkanes of at least 4 members (excludes halogenated alkanes) is 3. The molecule has 5 amide bonds. The highest BCUT2D eigenvalue weighted by atomic mass is 16.2. The second-order valence-electron chi connectivity index (χ2n) is 12.8. The van der Waals surface area contributed by atoms with Crippen LogP contribution in [0.5, 0.6) is 0 Å². The molecule has 1 aromatic heterocycles. The van der Waals surface area contributed by atoms with E-state index in [-0.39, 0.29) is 36.6 Å². The van der Waals surface area contributed by atoms with Gasteiger partial charge in [-0.2, -0.15) is 0 Å². The number of nitrogens with one attached hydrogen (secondary N) is 4. The highest BCUT2D eigenvalue weighted by molar-refractivity contribution is 5.98. The van der Waals surface area contributed by atoms with E-state index in [1.54, 1.807) is 11.8 Å². The summed E-state index contributed by atoms with van der Waals surface area (Å²) in [6, 6.07) is 4.16. The summed E-state index contributed by atoms with van der Waals surface area (Å²) in [5.41, 5.74) is 7.16. The number of amides is 5. The summed E-state index contributed by atoms with van der Waals surface area (Å²) < 4.78 is 1.86. The van der Waals surface area contributed by atoms with Crippen molar-refractivity contribution >= 4 is 40.4 Å². The van der Waals surface area contributed by atoms with Crippen molar-refractivity contribution in [1.29, 1.82) is 0 Å². The third-order valence-electron chi connectivity index (χ3n) is 9.31. The molecule has 0 spiro atoms. The average molecular weight is 638 g/mol. The van der Waals surface area contributed by atoms with Crippen LogP contribution < -0.4 is 27.0 Å². The number of carbonyl (C=O) groups is 5. The van der Waals surface area contributed by atoms with Crippen molar-refractivity contribution in [2.24, 2.45) is 11.7 Å². The standard InChI is InChI=1S/C34H51N7O5/c1-4-22(2)30-34(46)41-18-12-9-15-28(41)33(45)37-23(3)31(43)38-26(32(44)39-30)19-24-20-40(27-14-8-7-13-25(24)27)21-29(42)36-17-11-6-5-10-16-35/h7-8,13-14,20,22-23,26,28,30H,4-6,9-12,15-19,21,35H2,1-3H3,(H,36,42)(H,37,45)(H,38,43)(H,39,44)/t22?,23-,26?,28+,30-/m0/s1. The summed E-state index contributed by atoms with van der Waals surface area (Å²) in [6.45, 7) is 7.23. The zero-order valence-corrected chi connectivity index (χ0v) is 27.5. The SMILES string of the molecule is CCC(C)[C@@H]1NC(=O)C(Cc2cn(CC(=O)NCCCCCCN)c3ccccc23)NC(=O)[C@H](C)NC(=O)[C@H]2CCCCN2C1=O. The van der Waals surface area contributed by atoms with Crippen molar-refractivity contribution in [2.75, 3.05) is 19.6 Å². The fourth-order valence-electron chi connectivity index (χ4n) is 6.36. The zero-order valence-electron chi connectivity index (χ0n) is 27.5. The highest BCUT2D eigenvalue weighted by Crippen LogP contribution is 2.25. The monoisotopic (exact) mass is 637 g/mol. The molecule has 46 heavy (non-hydrogen) atoms. The Hall–Kier alpha value is -3.93. The second kappa shape index (κ2) is 16.6. The van der Waals surface area contributed by atoms with Crippen LogP contribution >= 0.6 is 0 Å². The quantitative estimate of drug-likeness (QED) is 0.222. The Morgan fingerprint density at radius 1 is 1.00 bits per heavy atom. The largest absolute Gasteiger partial charge is 0.355 e. The fourth-order valence-corrected chi connectivity index (χ4v) is 6.36. The molecule has 12 nitrogen and oxygen atoms in total. The van der Waals surface area contributed by atoms with Crippen LogP contribution in [0.25, 0.3) is 10.9 Å². The lowest BCUT2D eigenvalue weighted by molar-refractivity contribution is -0.147. The molecule has 0 aliphatic carbocycles. The molecule has 12 heteroatoms. The van der Waals surface area contributed by atoms with E-state index < -0.39 is 36.0 Å². The van der Waals surface area contributed by atoms with Crippen molar-refractivity contribution in [3.05, 3.63) is 36.0 Å². The van der Waals surface area contributed by atoms with Gasteiger partial charge >= 0.3 is 0 Å². The van der Waals surface area contributed by atoms with E-state index in [2.05, 4.69) is 21.3 Å². The van der Waals surface area contributed by atoms with Crippen molar-refractivity contribution in [3.63, 3.8) is 0 Å². The second-order valence-corrected chi connectivity index (χ2v) is 12.8. The van der Waals surface area contributed by atoms with Gasteiger partial charge in [0.05, 0.1) is 0 Å². The lowest BCUT2D eigenvalue weighted by atomic mass is 9.93. The maximum Gasteiger partial charge on any atom is 0.246 e. The third-order valence-corrected chi connectivity index (χ3v) is 9.31. The zero-order chi connectivity index (χ0) is 33.2. The molecule has 2 fully saturated rings. The van der Waals surface area contributed by atoms with Crippen LogP contribution in [-0.4, -0.2) is 82.8 Å². The Balaban J connectivity index is 1.58. The van der Waals surface area contributed by atoms with Gasteiger partial charge in [-0.25, -0.2) is 0 Å². The van der Waals surface area contributed by atoms with E-state index in [0.717, 1.165) is 55.0 Å². The van der Waals surface area contributed by atoms with Gasteiger partial charge < -0.3 is 36.5 Å². The molecule has 4 rings (SSSR count). The van der Waals surface area contributed by atoms with Gasteiger partial charge in [0, 0.05) is 36.6 Å². The van der Waals surface area contributed by atoms with Gasteiger partial charge in [-0.15, -0.1) is 0 Å². The molecular formula is C34H51N7O5. The number of aromatic nitrogens is 1. The molecule has 1 aromatic carbocycles. The predicted molar refractivity (Wildman–Crippen MR) is 176 cm³/mol. The number of hydrogen-bond acceptors (Lipinski definition) is 6. The van der Waals surface area contributed by atoms with Crippen LogP contribution in [0.15, 0.2) is 30.5 Å². The number of benzene rings is 1. The summed E-state index contributed by atoms with van der Waals surface area (Å²) in [4.78, 5) is 69.0. The number of nitrogens with two attached hydrogens (primary N) is 1. The van der Waals surface area contributed by atoms with Crippen LogP contribution in [0.4, 0.5) is 0 Å². The van der Waals surface area contributed by atoms with E-state index >= 15 is 0 Å². The van der Waals surface area contributed by atoms with Crippen LogP contribution in [0.3, 0.4) is 0 Å². The molecule has 2 saturated heterocycles. The Morgan fingerprint density at radius 2 is 1.76 bits per heavy atom. The van der Waals surface area contributed by atoms with Crippen molar-refractivity contribution < 1.29 is 24.0 Å². The summed E-state index contributed by atoms with van der Waals surface area (Å²) in [7, 11) is 0. The van der Waals surface area contributed by atoms with Gasteiger partial charge in [0.25, 0.3) is 0 Å². The van der Waals surface area contributed by atoms with E-state index in [1.807, 2.05) is 48.9 Å². The maximum absolute atomic E-state index is 14.0. The Labute approximate surface area is 271 Å². The Kier molecular flexibility index (Phi) is 12.6. The molecule has 6 N–H and O–H groups in total. The van der Waals surface area contributed by atoms with E-state index in [0.29, 0.717) is 32.5 Å². The number of fused-ring (bicyclic) bond motifs is 2. The summed E-state index contributed by atoms with van der Waals surface area (Å²) >= 11 is 0. The summed E-state index contributed by atoms with van der Waals surface area (Å²) in [5.74, 6) is -1.90. The normalized spacial score (nSPS) is 23.4. The molecule has 0 radical (unpaired) electrons. The number of hydrogen-bond donors (Lipinski definition) is 5. The van der Waals surface area contributed by atoms with Gasteiger partial charge in [-0.05, 0) is 63.1 Å². The molecule has 2 unspecified atom stereocenters. The van der Waals surface area contributed by atoms with E-state index in [4.69, 9.17) is 5.73 Å². The molecule has 2 aliphatic heterocycles. The molecular weight excluding hydrogens is 586 g/mol. The molecule has 5 atom stereocenters. The minimum Gasteiger partial charge on any atom is -0.355 e. The third kappa shape index (κ3) is 8.65. The Bertz CT molecular complexity index is 1390. The topological polar surface area (TPSA) is 168 Å². The first-order chi connectivity index (χ1) is 22.1. The van der Waals surface area contributed by atoms with Crippen molar-refractivity contribution in [3.8, 4) is 0 Å². The van der Waals surface area contributed by atoms with Crippen LogP contribution in [0.1, 0.15) is 77.7 Å². The number of piperidine rings is 1. The molecule has 252 valence electrons. The van der Waals surface area contributed by atoms with Gasteiger partial charge in [0.1, 0.15) is 30.7 Å². The lowest BCUT2D eigenvalue weighted by Crippen LogP contribution is -2.64.